The van der Waals surface area contributed by atoms with Crippen LogP contribution in [-0.4, -0.2) is 32.6 Å². The number of benzene rings is 1. The van der Waals surface area contributed by atoms with Gasteiger partial charge in [-0.15, -0.1) is 10.2 Å². The molecule has 1 amide bonds. The van der Waals surface area contributed by atoms with E-state index in [4.69, 9.17) is 21.8 Å². The molecule has 42 heavy (non-hydrogen) atoms. The number of nitrogens with zero attached hydrogens (tertiary/aromatic N) is 5. The Hall–Kier alpha value is -4.19. The molecule has 2 aromatic heterocycles. The number of halogens is 1. The van der Waals surface area contributed by atoms with Gasteiger partial charge in [0.15, 0.2) is 10.1 Å². The Labute approximate surface area is 253 Å². The minimum absolute atomic E-state index is 0.0815. The molecule has 1 aliphatic carbocycles. The number of aryl methyl sites for hydroxylation is 1. The summed E-state index contributed by atoms with van der Waals surface area (Å²) >= 11 is 8.33. The molecule has 216 valence electrons. The van der Waals surface area contributed by atoms with Crippen LogP contribution in [-0.2, 0) is 9.59 Å². The minimum atomic E-state index is -0.732. The van der Waals surface area contributed by atoms with E-state index >= 15 is 0 Å². The van der Waals surface area contributed by atoms with E-state index in [-0.39, 0.29) is 44.7 Å². The number of thioether (sulfide) groups is 1. The first-order valence-corrected chi connectivity index (χ1v) is 14.8. The minimum Gasteiger partial charge on any atom is -0.465 e. The molecule has 0 spiro atoms. The highest BCUT2D eigenvalue weighted by Gasteiger charge is 2.46. The van der Waals surface area contributed by atoms with E-state index in [1.54, 1.807) is 24.0 Å². The summed E-state index contributed by atoms with van der Waals surface area (Å²) in [7, 11) is 0. The molecule has 1 aliphatic heterocycles. The lowest BCUT2D eigenvalue weighted by atomic mass is 9.69. The fourth-order valence-corrected chi connectivity index (χ4v) is 6.85. The quantitative estimate of drug-likeness (QED) is 0.187. The van der Waals surface area contributed by atoms with Gasteiger partial charge in [0.05, 0.1) is 38.9 Å². The van der Waals surface area contributed by atoms with Crippen LogP contribution in [0.5, 0.6) is 0 Å². The second kappa shape index (κ2) is 11.2. The van der Waals surface area contributed by atoms with Crippen molar-refractivity contribution in [2.24, 2.45) is 11.1 Å². The average Bonchev–Trinajstić information content (AvgIpc) is 3.56. The van der Waals surface area contributed by atoms with Gasteiger partial charge in [-0.1, -0.05) is 48.5 Å². The van der Waals surface area contributed by atoms with Crippen molar-refractivity contribution >= 4 is 62.9 Å². The van der Waals surface area contributed by atoms with Crippen LogP contribution in [0, 0.1) is 33.8 Å². The van der Waals surface area contributed by atoms with Crippen LogP contribution in [0.2, 0.25) is 5.02 Å². The number of rotatable bonds is 7. The average molecular weight is 626 g/mol. The SMILES string of the molecule is Cc1ccc(C2C(C#N)=C(N)N(c3nnc(SCC(=O)Nc4cc([N+](=O)[O-])ccc4Cl)s3)C3=C2C(=O)CC(C)(C)C3)o1. The Bertz CT molecular complexity index is 1740. The number of ketones is 1. The van der Waals surface area contributed by atoms with Gasteiger partial charge in [0.1, 0.15) is 17.3 Å². The number of allylic oxidation sites excluding steroid dienone is 3. The van der Waals surface area contributed by atoms with Crippen molar-refractivity contribution in [2.75, 3.05) is 16.0 Å². The van der Waals surface area contributed by atoms with Gasteiger partial charge in [-0.25, -0.2) is 0 Å². The largest absolute Gasteiger partial charge is 0.465 e. The molecule has 15 heteroatoms. The maximum absolute atomic E-state index is 13.6. The number of anilines is 2. The molecule has 0 radical (unpaired) electrons. The number of nitro benzene ring substituents is 1. The number of amides is 1. The molecular weight excluding hydrogens is 602 g/mol. The van der Waals surface area contributed by atoms with Crippen molar-refractivity contribution in [1.82, 2.24) is 10.2 Å². The Balaban J connectivity index is 1.42. The van der Waals surface area contributed by atoms with Gasteiger partial charge in [0, 0.05) is 29.8 Å². The van der Waals surface area contributed by atoms with Gasteiger partial charge in [0.25, 0.3) is 5.69 Å². The normalized spacial score (nSPS) is 18.1. The second-order valence-electron chi connectivity index (χ2n) is 10.5. The van der Waals surface area contributed by atoms with Crippen LogP contribution in [0.25, 0.3) is 0 Å². The van der Waals surface area contributed by atoms with E-state index < -0.39 is 16.7 Å². The van der Waals surface area contributed by atoms with E-state index in [9.17, 15) is 25.0 Å². The predicted octanol–water partition coefficient (Wildman–Crippen LogP) is 5.67. The van der Waals surface area contributed by atoms with Gasteiger partial charge in [-0.3, -0.25) is 24.6 Å². The fourth-order valence-electron chi connectivity index (χ4n) is 5.01. The number of non-ortho nitro benzene ring substituents is 1. The van der Waals surface area contributed by atoms with Gasteiger partial charge in [-0.05, 0) is 37.0 Å². The van der Waals surface area contributed by atoms with Crippen molar-refractivity contribution in [3.63, 3.8) is 0 Å². The van der Waals surface area contributed by atoms with Crippen LogP contribution in [0.15, 0.2) is 61.8 Å². The van der Waals surface area contributed by atoms with Crippen LogP contribution < -0.4 is 16.0 Å². The summed E-state index contributed by atoms with van der Waals surface area (Å²) in [4.78, 5) is 38.3. The third kappa shape index (κ3) is 5.63. The Morgan fingerprint density at radius 1 is 1.36 bits per heavy atom. The summed E-state index contributed by atoms with van der Waals surface area (Å²) in [5, 5.41) is 32.8. The third-order valence-electron chi connectivity index (χ3n) is 6.78. The topological polar surface area (TPSA) is 181 Å². The van der Waals surface area contributed by atoms with Crippen molar-refractivity contribution in [1.29, 1.82) is 5.26 Å². The van der Waals surface area contributed by atoms with E-state index in [1.165, 1.54) is 18.2 Å². The number of hydrogen-bond donors (Lipinski definition) is 2. The zero-order valence-corrected chi connectivity index (χ0v) is 25.0. The van der Waals surface area contributed by atoms with E-state index in [0.29, 0.717) is 45.1 Å². The highest BCUT2D eigenvalue weighted by Crippen LogP contribution is 2.51. The van der Waals surface area contributed by atoms with Crippen LogP contribution in [0.4, 0.5) is 16.5 Å². The number of carbonyl (C=O) groups is 2. The van der Waals surface area contributed by atoms with Crippen LogP contribution in [0.1, 0.15) is 44.1 Å². The lowest BCUT2D eigenvalue weighted by Crippen LogP contribution is -2.42. The zero-order valence-electron chi connectivity index (χ0n) is 22.6. The summed E-state index contributed by atoms with van der Waals surface area (Å²) < 4.78 is 6.30. The summed E-state index contributed by atoms with van der Waals surface area (Å²) in [5.74, 6) is -0.115. The van der Waals surface area contributed by atoms with Crippen molar-refractivity contribution in [3.05, 3.63) is 79.7 Å². The number of furan rings is 1. The predicted molar refractivity (Wildman–Crippen MR) is 158 cm³/mol. The molecule has 1 unspecified atom stereocenters. The summed E-state index contributed by atoms with van der Waals surface area (Å²) in [5.41, 5.74) is 7.42. The fraction of sp³-hybridized carbons (Fsp3) is 0.296. The van der Waals surface area contributed by atoms with Gasteiger partial charge < -0.3 is 15.5 Å². The number of nitriles is 1. The lowest BCUT2D eigenvalue weighted by Gasteiger charge is -2.42. The van der Waals surface area contributed by atoms with E-state index in [0.717, 1.165) is 23.1 Å². The number of aromatic nitrogens is 2. The van der Waals surface area contributed by atoms with Crippen molar-refractivity contribution in [3.8, 4) is 6.07 Å². The highest BCUT2D eigenvalue weighted by molar-refractivity contribution is 8.01. The van der Waals surface area contributed by atoms with Crippen LogP contribution in [0.3, 0.4) is 0 Å². The number of Topliss-reactive ketones (excluding diaryl/α,β-unsaturated/α-hetero) is 1. The van der Waals surface area contributed by atoms with Gasteiger partial charge in [-0.2, -0.15) is 5.26 Å². The molecule has 0 saturated carbocycles. The maximum atomic E-state index is 13.6. The summed E-state index contributed by atoms with van der Waals surface area (Å²) in [6, 6.07) is 9.48. The van der Waals surface area contributed by atoms with Gasteiger partial charge in [0.2, 0.25) is 11.0 Å². The molecule has 1 atom stereocenters. The summed E-state index contributed by atoms with van der Waals surface area (Å²) in [6.07, 6.45) is 0.799. The number of nitrogens with one attached hydrogen (secondary N) is 1. The Morgan fingerprint density at radius 3 is 2.79 bits per heavy atom. The highest BCUT2D eigenvalue weighted by atomic mass is 35.5. The molecule has 3 N–H and O–H groups in total. The molecule has 1 aromatic carbocycles. The van der Waals surface area contributed by atoms with E-state index in [1.807, 2.05) is 13.8 Å². The number of hydrogen-bond acceptors (Lipinski definition) is 12. The Morgan fingerprint density at radius 2 is 2.12 bits per heavy atom. The monoisotopic (exact) mass is 625 g/mol. The number of carbonyl (C=O) groups excluding carboxylic acids is 2. The van der Waals surface area contributed by atoms with Crippen molar-refractivity contribution in [2.45, 2.75) is 43.9 Å². The molecule has 0 bridgehead atoms. The van der Waals surface area contributed by atoms with Gasteiger partial charge >= 0.3 is 0 Å². The molecule has 3 aromatic rings. The molecule has 2 aliphatic rings. The third-order valence-corrected chi connectivity index (χ3v) is 9.15. The molecule has 12 nitrogen and oxygen atoms in total. The number of nitro groups is 1. The second-order valence-corrected chi connectivity index (χ2v) is 13.1. The van der Waals surface area contributed by atoms with E-state index in [2.05, 4.69) is 21.6 Å². The first kappa shape index (κ1) is 29.3. The molecule has 3 heterocycles. The standard InChI is InChI=1S/C27H24ClN7O5S2/c1-13-4-7-20(40-13)22-15(11-29)24(30)34(18-9-27(2,3)10-19(36)23(18)22)25-32-33-26(42-25)41-12-21(37)31-17-8-14(35(38)39)5-6-16(17)28/h4-8,22H,9-10,12,30H2,1-3H3,(H,31,37). The summed E-state index contributed by atoms with van der Waals surface area (Å²) in [6.45, 7) is 5.77. The Kier molecular flexibility index (Phi) is 7.84. The zero-order chi connectivity index (χ0) is 30.3. The number of nitrogens with two attached hydrogens (primary N) is 1. The first-order valence-electron chi connectivity index (χ1n) is 12.6. The van der Waals surface area contributed by atoms with Crippen LogP contribution >= 0.6 is 34.7 Å². The first-order chi connectivity index (χ1) is 19.9. The molecule has 5 rings (SSSR count). The van der Waals surface area contributed by atoms with Crippen molar-refractivity contribution < 1.29 is 18.9 Å². The lowest BCUT2D eigenvalue weighted by molar-refractivity contribution is -0.384. The molecule has 0 fully saturated rings. The smallest absolute Gasteiger partial charge is 0.271 e. The molecule has 0 saturated heterocycles. The maximum Gasteiger partial charge on any atom is 0.271 e. The molecular formula is C27H24ClN7O5S2.